The molecular weight excluding hydrogens is 369 g/mol. The lowest BCUT2D eigenvalue weighted by molar-refractivity contribution is -0.229. The highest BCUT2D eigenvalue weighted by atomic mass is 19.1. The fourth-order valence-corrected chi connectivity index (χ4v) is 2.75. The molecule has 1 aliphatic heterocycles. The monoisotopic (exact) mass is 393 g/mol. The van der Waals surface area contributed by atoms with Gasteiger partial charge in [0, 0.05) is 18.9 Å². The molecule has 1 heterocycles. The van der Waals surface area contributed by atoms with Crippen molar-refractivity contribution in [2.75, 3.05) is 6.61 Å². The van der Waals surface area contributed by atoms with Crippen LogP contribution in [0.4, 0.5) is 4.39 Å². The predicted molar refractivity (Wildman–Crippen MR) is 99.7 cm³/mol. The van der Waals surface area contributed by atoms with E-state index in [4.69, 9.17) is 9.47 Å². The van der Waals surface area contributed by atoms with E-state index >= 15 is 0 Å². The summed E-state index contributed by atoms with van der Waals surface area (Å²) in [5.41, 5.74) is 5.81. The van der Waals surface area contributed by atoms with Gasteiger partial charge in [0.2, 0.25) is 12.2 Å². The Bertz CT molecular complexity index is 783. The second-order valence-corrected chi connectivity index (χ2v) is 6.32. The number of para-hydroxylation sites is 1. The highest BCUT2D eigenvalue weighted by Gasteiger charge is 2.37. The van der Waals surface area contributed by atoms with Crippen LogP contribution in [0.3, 0.4) is 0 Å². The second kappa shape index (κ2) is 10.1. The number of hydrogen-bond acceptors (Lipinski definition) is 6. The molecule has 0 aromatic heterocycles. The van der Waals surface area contributed by atoms with Crippen LogP contribution in [-0.4, -0.2) is 52.4 Å². The summed E-state index contributed by atoms with van der Waals surface area (Å²) in [5.74, 6) is -0.219. The zero-order valence-corrected chi connectivity index (χ0v) is 15.4. The molecular formula is C20H24FNO6. The first kappa shape index (κ1) is 21.8. The van der Waals surface area contributed by atoms with Crippen molar-refractivity contribution < 1.29 is 34.0 Å². The van der Waals surface area contributed by atoms with E-state index in [0.717, 1.165) is 0 Å². The van der Waals surface area contributed by atoms with Gasteiger partial charge in [0.05, 0.1) is 12.7 Å². The van der Waals surface area contributed by atoms with Crippen molar-refractivity contribution in [1.82, 2.24) is 0 Å². The van der Waals surface area contributed by atoms with Gasteiger partial charge in [-0.25, -0.2) is 4.39 Å². The smallest absolute Gasteiger partial charge is 0.214 e. The maximum Gasteiger partial charge on any atom is 0.214 e. The van der Waals surface area contributed by atoms with Crippen molar-refractivity contribution in [2.45, 2.75) is 37.9 Å². The molecule has 0 bridgehead atoms. The Morgan fingerprint density at radius 3 is 2.57 bits per heavy atom. The number of aliphatic hydroxyl groups excluding tert-OH is 3. The zero-order chi connectivity index (χ0) is 20.7. The molecule has 4 atom stereocenters. The summed E-state index contributed by atoms with van der Waals surface area (Å²) in [6, 6.07) is 13.2. The molecule has 0 saturated carbocycles. The molecule has 1 fully saturated rings. The molecule has 5 N–H and O–H groups in total. The van der Waals surface area contributed by atoms with Gasteiger partial charge in [-0.2, -0.15) is 0 Å². The van der Waals surface area contributed by atoms with Crippen molar-refractivity contribution in [3.8, 4) is 16.9 Å². The summed E-state index contributed by atoms with van der Waals surface area (Å²) in [5, 5.41) is 28.9. The van der Waals surface area contributed by atoms with Crippen molar-refractivity contribution >= 4 is 5.91 Å². The van der Waals surface area contributed by atoms with Crippen molar-refractivity contribution in [1.29, 1.82) is 0 Å². The molecule has 7 nitrogen and oxygen atoms in total. The standard InChI is InChI=1S/C18H19FO5.C2H5NO/c19-12-5-3-4-11(8-12)13-6-1-2-7-15(13)23-17-9-14(21)18(22)16(10-20)24-17;1-2(3)4/h1-8,14,16-18,20-22H,9-10H2;1H3,(H2,3,4). The van der Waals surface area contributed by atoms with Gasteiger partial charge in [0.15, 0.2) is 0 Å². The SMILES string of the molecule is CC(N)=O.OCC1OC(Oc2ccccc2-c2cccc(F)c2)CC(O)C1O. The van der Waals surface area contributed by atoms with E-state index in [0.29, 0.717) is 16.9 Å². The summed E-state index contributed by atoms with van der Waals surface area (Å²) in [4.78, 5) is 9.22. The summed E-state index contributed by atoms with van der Waals surface area (Å²) in [6.07, 6.45) is -3.89. The lowest BCUT2D eigenvalue weighted by Gasteiger charge is -2.36. The van der Waals surface area contributed by atoms with Gasteiger partial charge in [-0.05, 0) is 23.8 Å². The molecule has 2 aromatic rings. The number of carbonyl (C=O) groups excluding carboxylic acids is 1. The summed E-state index contributed by atoms with van der Waals surface area (Å²) in [7, 11) is 0. The molecule has 8 heteroatoms. The molecule has 1 saturated heterocycles. The number of primary amides is 1. The topological polar surface area (TPSA) is 122 Å². The van der Waals surface area contributed by atoms with E-state index in [1.807, 2.05) is 6.07 Å². The maximum atomic E-state index is 13.5. The number of ether oxygens (including phenoxy) is 2. The van der Waals surface area contributed by atoms with E-state index in [1.165, 1.54) is 19.1 Å². The molecule has 2 aromatic carbocycles. The molecule has 0 aliphatic carbocycles. The summed E-state index contributed by atoms with van der Waals surface area (Å²) < 4.78 is 24.8. The maximum absolute atomic E-state index is 13.5. The molecule has 4 unspecified atom stereocenters. The van der Waals surface area contributed by atoms with Crippen LogP contribution in [0.25, 0.3) is 11.1 Å². The van der Waals surface area contributed by atoms with Crippen LogP contribution in [-0.2, 0) is 9.53 Å². The zero-order valence-electron chi connectivity index (χ0n) is 15.4. The van der Waals surface area contributed by atoms with Crippen LogP contribution in [0.1, 0.15) is 13.3 Å². The highest BCUT2D eigenvalue weighted by molar-refractivity contribution is 5.70. The first-order chi connectivity index (χ1) is 13.3. The van der Waals surface area contributed by atoms with Crippen molar-refractivity contribution in [3.63, 3.8) is 0 Å². The Hall–Kier alpha value is -2.52. The van der Waals surface area contributed by atoms with Gasteiger partial charge in [0.1, 0.15) is 23.8 Å². The first-order valence-corrected chi connectivity index (χ1v) is 8.72. The third-order valence-corrected chi connectivity index (χ3v) is 4.00. The van der Waals surface area contributed by atoms with Gasteiger partial charge in [0.25, 0.3) is 0 Å². The van der Waals surface area contributed by atoms with Crippen LogP contribution >= 0.6 is 0 Å². The normalized spacial score (nSPS) is 24.0. The van der Waals surface area contributed by atoms with Crippen LogP contribution in [0.2, 0.25) is 0 Å². The minimum absolute atomic E-state index is 0.0646. The van der Waals surface area contributed by atoms with E-state index < -0.39 is 31.2 Å². The van der Waals surface area contributed by atoms with Gasteiger partial charge in [-0.1, -0.05) is 30.3 Å². The quantitative estimate of drug-likeness (QED) is 0.619. The number of amides is 1. The van der Waals surface area contributed by atoms with Gasteiger partial charge >= 0.3 is 0 Å². The van der Waals surface area contributed by atoms with Crippen LogP contribution < -0.4 is 10.5 Å². The number of benzene rings is 2. The Kier molecular flexibility index (Phi) is 7.89. The minimum atomic E-state index is -1.16. The Labute approximate surface area is 162 Å². The van der Waals surface area contributed by atoms with E-state index in [-0.39, 0.29) is 18.1 Å². The number of aliphatic hydroxyl groups is 3. The van der Waals surface area contributed by atoms with Crippen molar-refractivity contribution in [3.05, 3.63) is 54.3 Å². The predicted octanol–water partition coefficient (Wildman–Crippen LogP) is 1.19. The van der Waals surface area contributed by atoms with Crippen LogP contribution in [0, 0.1) is 5.82 Å². The van der Waals surface area contributed by atoms with E-state index in [9.17, 15) is 24.5 Å². The van der Waals surface area contributed by atoms with Crippen LogP contribution in [0.15, 0.2) is 48.5 Å². The van der Waals surface area contributed by atoms with E-state index in [1.54, 1.807) is 30.3 Å². The van der Waals surface area contributed by atoms with Gasteiger partial charge in [-0.3, -0.25) is 4.79 Å². The third kappa shape index (κ3) is 6.00. The lowest BCUT2D eigenvalue weighted by Crippen LogP contribution is -2.51. The van der Waals surface area contributed by atoms with Gasteiger partial charge < -0.3 is 30.5 Å². The molecule has 1 amide bonds. The lowest BCUT2D eigenvalue weighted by atomic mass is 10.0. The molecule has 28 heavy (non-hydrogen) atoms. The molecule has 152 valence electrons. The molecule has 0 spiro atoms. The summed E-state index contributed by atoms with van der Waals surface area (Å²) >= 11 is 0. The third-order valence-electron chi connectivity index (χ3n) is 4.00. The fraction of sp³-hybridized carbons (Fsp3) is 0.350. The fourth-order valence-electron chi connectivity index (χ4n) is 2.75. The number of halogens is 1. The number of nitrogens with two attached hydrogens (primary N) is 1. The molecule has 3 rings (SSSR count). The second-order valence-electron chi connectivity index (χ2n) is 6.32. The number of carbonyl (C=O) groups is 1. The van der Waals surface area contributed by atoms with Crippen molar-refractivity contribution in [2.24, 2.45) is 5.73 Å². The first-order valence-electron chi connectivity index (χ1n) is 8.72. The average Bonchev–Trinajstić information content (AvgIpc) is 2.64. The van der Waals surface area contributed by atoms with Crippen LogP contribution in [0.5, 0.6) is 5.75 Å². The largest absolute Gasteiger partial charge is 0.464 e. The highest BCUT2D eigenvalue weighted by Crippen LogP contribution is 2.32. The summed E-state index contributed by atoms with van der Waals surface area (Å²) in [6.45, 7) is 0.879. The molecule has 1 aliphatic rings. The number of hydrogen-bond donors (Lipinski definition) is 4. The van der Waals surface area contributed by atoms with Gasteiger partial charge in [-0.15, -0.1) is 0 Å². The Morgan fingerprint density at radius 2 is 1.93 bits per heavy atom. The Morgan fingerprint density at radius 1 is 1.25 bits per heavy atom. The average molecular weight is 393 g/mol. The molecule has 0 radical (unpaired) electrons. The number of rotatable bonds is 4. The minimum Gasteiger partial charge on any atom is -0.464 e. The Balaban J connectivity index is 0.000000640. The van der Waals surface area contributed by atoms with E-state index in [2.05, 4.69) is 5.73 Å².